The van der Waals surface area contributed by atoms with Crippen LogP contribution in [0.4, 0.5) is 0 Å². The van der Waals surface area contributed by atoms with Gasteiger partial charge in [0.25, 0.3) is 8.32 Å². The number of ether oxygens (including phenoxy) is 2. The first-order chi connectivity index (χ1) is 15.7. The van der Waals surface area contributed by atoms with Crippen LogP contribution in [0, 0.1) is 12.3 Å². The highest BCUT2D eigenvalue weighted by Gasteiger charge is 2.50. The van der Waals surface area contributed by atoms with Crippen molar-refractivity contribution in [3.05, 3.63) is 60.7 Å². The second-order valence-electron chi connectivity index (χ2n) is 10.5. The maximum Gasteiger partial charge on any atom is 0.261 e. The third-order valence-electron chi connectivity index (χ3n) is 6.45. The minimum atomic E-state index is -2.52. The summed E-state index contributed by atoms with van der Waals surface area (Å²) in [7, 11) is -2.52. The van der Waals surface area contributed by atoms with Gasteiger partial charge in [-0.2, -0.15) is 0 Å². The molecule has 1 fully saturated rings. The van der Waals surface area contributed by atoms with Crippen LogP contribution in [0.2, 0.25) is 5.04 Å². The molecule has 2 aromatic carbocycles. The molecule has 0 radical (unpaired) electrons. The lowest BCUT2D eigenvalue weighted by atomic mass is 10.0. The molecule has 0 N–H and O–H groups in total. The van der Waals surface area contributed by atoms with Gasteiger partial charge in [0.15, 0.2) is 5.79 Å². The summed E-state index contributed by atoms with van der Waals surface area (Å²) in [4.78, 5) is 0. The molecule has 0 saturated carbocycles. The number of terminal acetylenes is 1. The van der Waals surface area contributed by atoms with E-state index in [9.17, 15) is 0 Å². The molecule has 0 spiro atoms. The number of benzene rings is 2. The molecule has 2 aromatic rings. The first-order valence-corrected chi connectivity index (χ1v) is 14.1. The second-order valence-corrected chi connectivity index (χ2v) is 14.8. The molecule has 4 heteroatoms. The minimum absolute atomic E-state index is 0.0245. The Morgan fingerprint density at radius 1 is 0.939 bits per heavy atom. The Morgan fingerprint density at radius 3 is 1.94 bits per heavy atom. The SMILES string of the molecule is C#CCCC[C@H]1C[C@H](CCO[Si](c2ccccc2)(c2ccccc2)C(C)(C)C)OC(C)(C)O1. The molecule has 3 nitrogen and oxygen atoms in total. The van der Waals surface area contributed by atoms with Gasteiger partial charge in [-0.15, -0.1) is 12.3 Å². The monoisotopic (exact) mass is 464 g/mol. The summed E-state index contributed by atoms with van der Waals surface area (Å²) in [5.74, 6) is 2.15. The van der Waals surface area contributed by atoms with Gasteiger partial charge in [-0.25, -0.2) is 0 Å². The van der Waals surface area contributed by atoms with Gasteiger partial charge in [-0.05, 0) is 48.5 Å². The van der Waals surface area contributed by atoms with E-state index in [4.69, 9.17) is 20.3 Å². The predicted molar refractivity (Wildman–Crippen MR) is 139 cm³/mol. The van der Waals surface area contributed by atoms with E-state index in [0.717, 1.165) is 32.1 Å². The summed E-state index contributed by atoms with van der Waals surface area (Å²) in [6, 6.07) is 21.6. The molecule has 1 saturated heterocycles. The molecule has 0 aromatic heterocycles. The van der Waals surface area contributed by atoms with Crippen molar-refractivity contribution < 1.29 is 13.9 Å². The number of rotatable bonds is 9. The first-order valence-electron chi connectivity index (χ1n) is 12.2. The van der Waals surface area contributed by atoms with E-state index in [0.29, 0.717) is 6.61 Å². The van der Waals surface area contributed by atoms with E-state index in [-0.39, 0.29) is 17.2 Å². The fraction of sp³-hybridized carbons (Fsp3) is 0.517. The molecule has 0 bridgehead atoms. The quantitative estimate of drug-likeness (QED) is 0.272. The van der Waals surface area contributed by atoms with Gasteiger partial charge in [-0.3, -0.25) is 0 Å². The van der Waals surface area contributed by atoms with Gasteiger partial charge in [0.2, 0.25) is 0 Å². The Labute approximate surface area is 202 Å². The lowest BCUT2D eigenvalue weighted by Crippen LogP contribution is -2.66. The molecule has 0 amide bonds. The van der Waals surface area contributed by atoms with Crippen molar-refractivity contribution in [3.63, 3.8) is 0 Å². The molecule has 33 heavy (non-hydrogen) atoms. The summed E-state index contributed by atoms with van der Waals surface area (Å²) in [6.45, 7) is 11.6. The van der Waals surface area contributed by atoms with Crippen LogP contribution in [0.3, 0.4) is 0 Å². The number of hydrogen-bond acceptors (Lipinski definition) is 3. The van der Waals surface area contributed by atoms with Crippen LogP contribution in [-0.4, -0.2) is 32.9 Å². The summed E-state index contributed by atoms with van der Waals surface area (Å²) >= 11 is 0. The molecule has 178 valence electrons. The molecular weight excluding hydrogens is 424 g/mol. The van der Waals surface area contributed by atoms with E-state index >= 15 is 0 Å². The van der Waals surface area contributed by atoms with Crippen molar-refractivity contribution in [1.29, 1.82) is 0 Å². The average Bonchev–Trinajstić information content (AvgIpc) is 2.76. The summed E-state index contributed by atoms with van der Waals surface area (Å²) in [5, 5.41) is 2.59. The zero-order valence-corrected chi connectivity index (χ0v) is 22.0. The van der Waals surface area contributed by atoms with Crippen molar-refractivity contribution in [1.82, 2.24) is 0 Å². The number of unbranched alkanes of at least 4 members (excludes halogenated alkanes) is 1. The standard InChI is InChI=1S/C29H40O3Si/c1-7-8-11-16-24-23-25(32-29(5,6)31-24)21-22-30-33(28(2,3)4,26-17-12-9-13-18-26)27-19-14-10-15-20-27/h1,9-10,12-15,17-20,24-25H,8,11,16,21-23H2,2-6H3/t24-,25-/m0/s1. The Kier molecular flexibility index (Phi) is 8.58. The van der Waals surface area contributed by atoms with Crippen molar-refractivity contribution in [2.24, 2.45) is 0 Å². The van der Waals surface area contributed by atoms with Crippen LogP contribution in [0.1, 0.15) is 66.7 Å². The fourth-order valence-corrected chi connectivity index (χ4v) is 9.69. The first kappa shape index (κ1) is 25.7. The molecule has 0 unspecified atom stereocenters. The zero-order valence-electron chi connectivity index (χ0n) is 21.0. The third kappa shape index (κ3) is 6.37. The molecule has 3 rings (SSSR count). The molecule has 2 atom stereocenters. The van der Waals surface area contributed by atoms with Gasteiger partial charge >= 0.3 is 0 Å². The van der Waals surface area contributed by atoms with Gasteiger partial charge in [0, 0.05) is 19.4 Å². The van der Waals surface area contributed by atoms with E-state index in [2.05, 4.69) is 87.4 Å². The minimum Gasteiger partial charge on any atom is -0.407 e. The Bertz CT molecular complexity index is 856. The van der Waals surface area contributed by atoms with Crippen molar-refractivity contribution in [2.75, 3.05) is 6.61 Å². The largest absolute Gasteiger partial charge is 0.407 e. The Hall–Kier alpha value is -1.90. The van der Waals surface area contributed by atoms with Gasteiger partial charge in [0.05, 0.1) is 12.2 Å². The van der Waals surface area contributed by atoms with Crippen LogP contribution < -0.4 is 10.4 Å². The highest BCUT2D eigenvalue weighted by atomic mass is 28.4. The highest BCUT2D eigenvalue weighted by molar-refractivity contribution is 6.99. The Morgan fingerprint density at radius 2 is 1.45 bits per heavy atom. The fourth-order valence-electron chi connectivity index (χ4n) is 5.11. The summed E-state index contributed by atoms with van der Waals surface area (Å²) < 4.78 is 19.5. The van der Waals surface area contributed by atoms with E-state index < -0.39 is 14.1 Å². The topological polar surface area (TPSA) is 27.7 Å². The van der Waals surface area contributed by atoms with Gasteiger partial charge in [-0.1, -0.05) is 81.4 Å². The van der Waals surface area contributed by atoms with E-state index in [1.807, 2.05) is 13.8 Å². The molecule has 1 aliphatic heterocycles. The van der Waals surface area contributed by atoms with Crippen molar-refractivity contribution >= 4 is 18.7 Å². The summed E-state index contributed by atoms with van der Waals surface area (Å²) in [6.07, 6.45) is 10.2. The Balaban J connectivity index is 1.80. The lowest BCUT2D eigenvalue weighted by Gasteiger charge is -2.44. The normalized spacial score (nSPS) is 20.8. The maximum absolute atomic E-state index is 7.06. The zero-order chi connectivity index (χ0) is 24.0. The molecule has 0 aliphatic carbocycles. The van der Waals surface area contributed by atoms with Crippen molar-refractivity contribution in [2.45, 2.75) is 89.8 Å². The van der Waals surface area contributed by atoms with Gasteiger partial charge in [0.1, 0.15) is 0 Å². The van der Waals surface area contributed by atoms with E-state index in [1.165, 1.54) is 10.4 Å². The van der Waals surface area contributed by atoms with Crippen molar-refractivity contribution in [3.8, 4) is 12.3 Å². The molecule has 1 heterocycles. The molecular formula is C29H40O3Si. The number of hydrogen-bond donors (Lipinski definition) is 0. The van der Waals surface area contributed by atoms with Crippen LogP contribution in [-0.2, 0) is 13.9 Å². The van der Waals surface area contributed by atoms with Gasteiger partial charge < -0.3 is 13.9 Å². The van der Waals surface area contributed by atoms with E-state index in [1.54, 1.807) is 0 Å². The van der Waals surface area contributed by atoms with Crippen LogP contribution in [0.25, 0.3) is 0 Å². The second kappa shape index (κ2) is 11.0. The smallest absolute Gasteiger partial charge is 0.261 e. The molecule has 1 aliphatic rings. The average molecular weight is 465 g/mol. The van der Waals surface area contributed by atoms with Crippen LogP contribution in [0.15, 0.2) is 60.7 Å². The highest BCUT2D eigenvalue weighted by Crippen LogP contribution is 2.37. The lowest BCUT2D eigenvalue weighted by molar-refractivity contribution is -0.301. The maximum atomic E-state index is 7.06. The van der Waals surface area contributed by atoms with Crippen LogP contribution >= 0.6 is 0 Å². The summed E-state index contributed by atoms with van der Waals surface area (Å²) in [5.41, 5.74) is 0. The van der Waals surface area contributed by atoms with Crippen LogP contribution in [0.5, 0.6) is 0 Å². The predicted octanol–water partition coefficient (Wildman–Crippen LogP) is 5.67. The third-order valence-corrected chi connectivity index (χ3v) is 11.5.